The van der Waals surface area contributed by atoms with Crippen molar-refractivity contribution >= 4 is 20.9 Å². The average molecular weight is 339 g/mol. The van der Waals surface area contributed by atoms with Crippen LogP contribution < -0.4 is 4.72 Å². The van der Waals surface area contributed by atoms with Gasteiger partial charge in [-0.15, -0.1) is 0 Å². The molecule has 0 amide bonds. The number of halogens is 1. The van der Waals surface area contributed by atoms with Crippen LogP contribution in [0.1, 0.15) is 18.5 Å². The van der Waals surface area contributed by atoms with Gasteiger partial charge in [-0.25, -0.2) is 17.5 Å². The number of aryl methyl sites for hydroxylation is 1. The Labute approximate surface area is 136 Å². The lowest BCUT2D eigenvalue weighted by atomic mass is 10.1. The van der Waals surface area contributed by atoms with Crippen molar-refractivity contribution in [3.05, 3.63) is 35.8 Å². The molecule has 3 rings (SSSR count). The molecular formula is C16H22FN3O2S. The molecule has 1 saturated heterocycles. The molecule has 0 saturated carbocycles. The van der Waals surface area contributed by atoms with E-state index in [-0.39, 0.29) is 11.9 Å². The summed E-state index contributed by atoms with van der Waals surface area (Å²) in [5.41, 5.74) is 2.16. The van der Waals surface area contributed by atoms with Crippen molar-refractivity contribution in [3.63, 3.8) is 0 Å². The van der Waals surface area contributed by atoms with E-state index in [1.165, 1.54) is 12.3 Å². The minimum absolute atomic E-state index is 0.0304. The second-order valence-corrected chi connectivity index (χ2v) is 8.12. The molecule has 7 heteroatoms. The topological polar surface area (TPSA) is 54.3 Å². The predicted molar refractivity (Wildman–Crippen MR) is 89.2 cm³/mol. The summed E-state index contributed by atoms with van der Waals surface area (Å²) >= 11 is 0. The summed E-state index contributed by atoms with van der Waals surface area (Å²) in [6, 6.07) is 6.90. The van der Waals surface area contributed by atoms with E-state index in [0.717, 1.165) is 49.1 Å². The molecule has 1 aliphatic rings. The van der Waals surface area contributed by atoms with E-state index in [0.29, 0.717) is 0 Å². The van der Waals surface area contributed by atoms with E-state index in [4.69, 9.17) is 0 Å². The first-order valence-electron chi connectivity index (χ1n) is 7.75. The number of hydrogen-bond acceptors (Lipinski definition) is 3. The first-order valence-corrected chi connectivity index (χ1v) is 9.64. The van der Waals surface area contributed by atoms with Crippen LogP contribution in [0.3, 0.4) is 0 Å². The molecule has 1 aliphatic heterocycles. The van der Waals surface area contributed by atoms with Crippen LogP contribution in [0.2, 0.25) is 0 Å². The van der Waals surface area contributed by atoms with Crippen molar-refractivity contribution in [2.24, 2.45) is 7.05 Å². The molecule has 0 radical (unpaired) electrons. The third-order valence-corrected chi connectivity index (χ3v) is 5.22. The second kappa shape index (κ2) is 6.22. The first kappa shape index (κ1) is 16.4. The van der Waals surface area contributed by atoms with Crippen molar-refractivity contribution in [1.29, 1.82) is 0 Å². The van der Waals surface area contributed by atoms with Gasteiger partial charge in [-0.2, -0.15) is 0 Å². The summed E-state index contributed by atoms with van der Waals surface area (Å²) in [6.07, 6.45) is 2.82. The number of benzene rings is 1. The third-order valence-electron chi connectivity index (χ3n) is 4.46. The molecule has 23 heavy (non-hydrogen) atoms. The van der Waals surface area contributed by atoms with Crippen LogP contribution in [0.4, 0.5) is 4.39 Å². The Balaban J connectivity index is 1.66. The summed E-state index contributed by atoms with van der Waals surface area (Å²) in [4.78, 5) is 2.31. The fourth-order valence-corrected chi connectivity index (χ4v) is 4.11. The van der Waals surface area contributed by atoms with Gasteiger partial charge in [-0.3, -0.25) is 4.90 Å². The Kier molecular flexibility index (Phi) is 4.44. The minimum atomic E-state index is -3.14. The van der Waals surface area contributed by atoms with E-state index < -0.39 is 10.0 Å². The van der Waals surface area contributed by atoms with E-state index in [1.807, 2.05) is 13.1 Å². The van der Waals surface area contributed by atoms with Gasteiger partial charge in [-0.05, 0) is 37.1 Å². The molecular weight excluding hydrogens is 317 g/mol. The van der Waals surface area contributed by atoms with E-state index in [2.05, 4.69) is 14.2 Å². The standard InChI is InChI=1S/C16H22FN3O2S/c1-19-15(10-12-9-13(17)3-4-16(12)19)11-20-7-5-14(6-8-20)18-23(2,21)22/h3-4,9-10,14,18H,5-8,11H2,1-2H3. The van der Waals surface area contributed by atoms with E-state index >= 15 is 0 Å². The Morgan fingerprint density at radius 1 is 1.26 bits per heavy atom. The number of hydrogen-bond donors (Lipinski definition) is 1. The number of fused-ring (bicyclic) bond motifs is 1. The number of likely N-dealkylation sites (tertiary alicyclic amines) is 1. The highest BCUT2D eigenvalue weighted by atomic mass is 32.2. The van der Waals surface area contributed by atoms with Gasteiger partial charge >= 0.3 is 0 Å². The SMILES string of the molecule is Cn1c(CN2CCC(NS(C)(=O)=O)CC2)cc2cc(F)ccc21. The monoisotopic (exact) mass is 339 g/mol. The average Bonchev–Trinajstić information content (AvgIpc) is 2.75. The van der Waals surface area contributed by atoms with Crippen LogP contribution in [0.5, 0.6) is 0 Å². The number of aromatic nitrogens is 1. The van der Waals surface area contributed by atoms with Crippen LogP contribution in [-0.2, 0) is 23.6 Å². The van der Waals surface area contributed by atoms with Crippen molar-refractivity contribution in [2.45, 2.75) is 25.4 Å². The lowest BCUT2D eigenvalue weighted by molar-refractivity contribution is 0.196. The van der Waals surface area contributed by atoms with E-state index in [9.17, 15) is 12.8 Å². The molecule has 0 spiro atoms. The Hall–Kier alpha value is -1.44. The summed E-state index contributed by atoms with van der Waals surface area (Å²) in [5.74, 6) is -0.220. The van der Waals surface area contributed by atoms with Crippen molar-refractivity contribution in [1.82, 2.24) is 14.2 Å². The molecule has 1 fully saturated rings. The van der Waals surface area contributed by atoms with Crippen molar-refractivity contribution in [3.8, 4) is 0 Å². The molecule has 0 aliphatic carbocycles. The number of nitrogens with one attached hydrogen (secondary N) is 1. The molecule has 2 heterocycles. The molecule has 1 N–H and O–H groups in total. The summed E-state index contributed by atoms with van der Waals surface area (Å²) in [6.45, 7) is 2.49. The fourth-order valence-electron chi connectivity index (χ4n) is 3.27. The largest absolute Gasteiger partial charge is 0.346 e. The van der Waals surface area contributed by atoms with Crippen LogP contribution in [0, 0.1) is 5.82 Å². The van der Waals surface area contributed by atoms with Crippen molar-refractivity contribution in [2.75, 3.05) is 19.3 Å². The maximum atomic E-state index is 13.3. The van der Waals surface area contributed by atoms with Crippen LogP contribution in [0.25, 0.3) is 10.9 Å². The normalized spacial score (nSPS) is 17.9. The lowest BCUT2D eigenvalue weighted by Gasteiger charge is -2.31. The van der Waals surface area contributed by atoms with Gasteiger partial charge < -0.3 is 4.57 Å². The Morgan fingerprint density at radius 3 is 2.61 bits per heavy atom. The van der Waals surface area contributed by atoms with Gasteiger partial charge in [0.25, 0.3) is 0 Å². The maximum Gasteiger partial charge on any atom is 0.208 e. The summed E-state index contributed by atoms with van der Waals surface area (Å²) in [5, 5.41) is 0.913. The van der Waals surface area contributed by atoms with Gasteiger partial charge in [0.05, 0.1) is 6.26 Å². The molecule has 0 unspecified atom stereocenters. The first-order chi connectivity index (χ1) is 10.8. The number of rotatable bonds is 4. The maximum absolute atomic E-state index is 13.3. The van der Waals surface area contributed by atoms with Gasteiger partial charge in [-0.1, -0.05) is 0 Å². The predicted octanol–water partition coefficient (Wildman–Crippen LogP) is 1.83. The molecule has 126 valence electrons. The molecule has 5 nitrogen and oxygen atoms in total. The Bertz CT molecular complexity index is 808. The van der Waals surface area contributed by atoms with Crippen molar-refractivity contribution < 1.29 is 12.8 Å². The quantitative estimate of drug-likeness (QED) is 0.925. The second-order valence-electron chi connectivity index (χ2n) is 6.34. The highest BCUT2D eigenvalue weighted by Crippen LogP contribution is 2.22. The van der Waals surface area contributed by atoms with Crippen LogP contribution in [-0.4, -0.2) is 43.3 Å². The minimum Gasteiger partial charge on any atom is -0.346 e. The highest BCUT2D eigenvalue weighted by molar-refractivity contribution is 7.88. The van der Waals surface area contributed by atoms with Gasteiger partial charge in [0.15, 0.2) is 0 Å². The zero-order valence-electron chi connectivity index (χ0n) is 13.4. The van der Waals surface area contributed by atoms with Gasteiger partial charge in [0, 0.05) is 49.3 Å². The lowest BCUT2D eigenvalue weighted by Crippen LogP contribution is -2.44. The number of nitrogens with zero attached hydrogens (tertiary/aromatic N) is 2. The number of piperidine rings is 1. The Morgan fingerprint density at radius 2 is 1.96 bits per heavy atom. The van der Waals surface area contributed by atoms with Crippen LogP contribution in [0.15, 0.2) is 24.3 Å². The van der Waals surface area contributed by atoms with Gasteiger partial charge in [0.2, 0.25) is 10.0 Å². The summed E-state index contributed by atoms with van der Waals surface area (Å²) < 4.78 is 40.7. The molecule has 0 atom stereocenters. The van der Waals surface area contributed by atoms with Gasteiger partial charge in [0.1, 0.15) is 5.82 Å². The van der Waals surface area contributed by atoms with E-state index in [1.54, 1.807) is 12.1 Å². The fraction of sp³-hybridized carbons (Fsp3) is 0.500. The third kappa shape index (κ3) is 3.91. The highest BCUT2D eigenvalue weighted by Gasteiger charge is 2.22. The molecule has 1 aromatic heterocycles. The van der Waals surface area contributed by atoms with Crippen LogP contribution >= 0.6 is 0 Å². The molecule has 2 aromatic rings. The summed E-state index contributed by atoms with van der Waals surface area (Å²) in [7, 11) is -1.14. The zero-order chi connectivity index (χ0) is 16.6. The number of sulfonamides is 1. The smallest absolute Gasteiger partial charge is 0.208 e. The zero-order valence-corrected chi connectivity index (χ0v) is 14.2. The molecule has 1 aromatic carbocycles. The molecule has 0 bridgehead atoms.